The number of amides is 2. The molecule has 0 aliphatic carbocycles. The van der Waals surface area contributed by atoms with Crippen molar-refractivity contribution in [1.29, 1.82) is 0 Å². The third-order valence-electron chi connectivity index (χ3n) is 4.22. The third-order valence-corrected chi connectivity index (χ3v) is 5.08. The fourth-order valence-corrected chi connectivity index (χ4v) is 3.62. The number of aromatic nitrogens is 2. The highest BCUT2D eigenvalue weighted by Crippen LogP contribution is 2.15. The van der Waals surface area contributed by atoms with Crippen molar-refractivity contribution >= 4 is 28.4 Å². The molecule has 0 saturated carbocycles. The average Bonchev–Trinajstić information content (AvgIpc) is 3.42. The lowest BCUT2D eigenvalue weighted by atomic mass is 10.3. The second-order valence-corrected chi connectivity index (χ2v) is 7.23. The first-order chi connectivity index (χ1) is 13.3. The summed E-state index contributed by atoms with van der Waals surface area (Å²) in [5.74, 6) is 1.63. The van der Waals surface area contributed by atoms with Crippen LogP contribution in [0.3, 0.4) is 0 Å². The minimum atomic E-state index is -0.115. The summed E-state index contributed by atoms with van der Waals surface area (Å²) < 4.78 is 5.41. The van der Waals surface area contributed by atoms with Crippen LogP contribution in [0, 0.1) is 0 Å². The Morgan fingerprint density at radius 3 is 2.85 bits per heavy atom. The highest BCUT2D eigenvalue weighted by atomic mass is 32.1. The molecule has 3 heterocycles. The number of carbonyl (C=O) groups excluding carboxylic acids is 1. The molecule has 0 aliphatic rings. The summed E-state index contributed by atoms with van der Waals surface area (Å²) in [5.41, 5.74) is 1.95. The van der Waals surface area contributed by atoms with Crippen LogP contribution in [-0.2, 0) is 19.5 Å². The summed E-state index contributed by atoms with van der Waals surface area (Å²) in [7, 11) is 0. The summed E-state index contributed by atoms with van der Waals surface area (Å²) >= 11 is 1.64. The summed E-state index contributed by atoms with van der Waals surface area (Å²) in [5, 5.41) is 5.00. The number of urea groups is 1. The van der Waals surface area contributed by atoms with E-state index in [-0.39, 0.29) is 6.03 Å². The molecular formula is C20H20N4O2S. The van der Waals surface area contributed by atoms with Crippen molar-refractivity contribution in [2.45, 2.75) is 19.5 Å². The van der Waals surface area contributed by atoms with E-state index in [1.807, 2.05) is 53.9 Å². The van der Waals surface area contributed by atoms with Gasteiger partial charge in [0.25, 0.3) is 0 Å². The van der Waals surface area contributed by atoms with Crippen LogP contribution >= 0.6 is 11.3 Å². The first-order valence-electron chi connectivity index (χ1n) is 8.79. The van der Waals surface area contributed by atoms with Crippen molar-refractivity contribution in [3.63, 3.8) is 0 Å². The predicted molar refractivity (Wildman–Crippen MR) is 105 cm³/mol. The fraction of sp³-hybridized carbons (Fsp3) is 0.200. The first-order valence-corrected chi connectivity index (χ1v) is 9.67. The lowest BCUT2D eigenvalue weighted by molar-refractivity contribution is 0.188. The maximum Gasteiger partial charge on any atom is 0.318 e. The smallest absolute Gasteiger partial charge is 0.318 e. The minimum Gasteiger partial charge on any atom is -0.467 e. The standard InChI is InChI=1S/C20H20N4O2S/c25-20(21-10-9-19-22-17-7-1-2-8-18(17)23-19)24(13-15-5-3-11-26-15)14-16-6-4-12-27-16/h1-8,11-12H,9-10,13-14H2,(H,21,25)(H,22,23). The van der Waals surface area contributed by atoms with Crippen LogP contribution in [0.4, 0.5) is 4.79 Å². The molecule has 0 fully saturated rings. The van der Waals surface area contributed by atoms with E-state index in [0.29, 0.717) is 26.1 Å². The van der Waals surface area contributed by atoms with Gasteiger partial charge in [-0.25, -0.2) is 9.78 Å². The molecule has 0 atom stereocenters. The van der Waals surface area contributed by atoms with Gasteiger partial charge in [0.05, 0.1) is 30.4 Å². The largest absolute Gasteiger partial charge is 0.467 e. The van der Waals surface area contributed by atoms with Gasteiger partial charge in [-0.2, -0.15) is 0 Å². The molecule has 1 aromatic carbocycles. The van der Waals surface area contributed by atoms with Gasteiger partial charge in [-0.3, -0.25) is 0 Å². The van der Waals surface area contributed by atoms with Crippen LogP contribution in [0.15, 0.2) is 64.6 Å². The number of thiophene rings is 1. The number of benzene rings is 1. The lowest BCUT2D eigenvalue weighted by Gasteiger charge is -2.21. The number of hydrogen-bond donors (Lipinski definition) is 2. The number of carbonyl (C=O) groups is 1. The number of imidazole rings is 1. The number of aromatic amines is 1. The maximum absolute atomic E-state index is 12.7. The molecular weight excluding hydrogens is 360 g/mol. The van der Waals surface area contributed by atoms with Gasteiger partial charge in [0.15, 0.2) is 0 Å². The summed E-state index contributed by atoms with van der Waals surface area (Å²) in [6, 6.07) is 15.5. The van der Waals surface area contributed by atoms with E-state index in [1.54, 1.807) is 22.5 Å². The number of furan rings is 1. The molecule has 138 valence electrons. The van der Waals surface area contributed by atoms with Crippen molar-refractivity contribution in [1.82, 2.24) is 20.2 Å². The van der Waals surface area contributed by atoms with Gasteiger partial charge in [0.2, 0.25) is 0 Å². The summed E-state index contributed by atoms with van der Waals surface area (Å²) in [6.45, 7) is 1.49. The number of fused-ring (bicyclic) bond motifs is 1. The van der Waals surface area contributed by atoms with Gasteiger partial charge in [-0.05, 0) is 35.7 Å². The van der Waals surface area contributed by atoms with E-state index in [9.17, 15) is 4.79 Å². The number of rotatable bonds is 7. The normalized spacial score (nSPS) is 11.0. The quantitative estimate of drug-likeness (QED) is 0.505. The Kier molecular flexibility index (Phi) is 5.20. The lowest BCUT2D eigenvalue weighted by Crippen LogP contribution is -2.39. The maximum atomic E-state index is 12.7. The van der Waals surface area contributed by atoms with Crippen molar-refractivity contribution < 1.29 is 9.21 Å². The van der Waals surface area contributed by atoms with Crippen LogP contribution in [0.5, 0.6) is 0 Å². The molecule has 7 heteroatoms. The summed E-state index contributed by atoms with van der Waals surface area (Å²) in [6.07, 6.45) is 2.27. The van der Waals surface area contributed by atoms with Gasteiger partial charge < -0.3 is 19.6 Å². The van der Waals surface area contributed by atoms with Crippen molar-refractivity contribution in [2.75, 3.05) is 6.54 Å². The van der Waals surface area contributed by atoms with Crippen LogP contribution < -0.4 is 5.32 Å². The minimum absolute atomic E-state index is 0.115. The molecule has 0 aliphatic heterocycles. The second-order valence-electron chi connectivity index (χ2n) is 6.20. The zero-order valence-corrected chi connectivity index (χ0v) is 15.5. The van der Waals surface area contributed by atoms with E-state index in [2.05, 4.69) is 15.3 Å². The molecule has 2 N–H and O–H groups in total. The number of nitrogens with one attached hydrogen (secondary N) is 2. The topological polar surface area (TPSA) is 74.2 Å². The van der Waals surface area contributed by atoms with Crippen molar-refractivity contribution in [3.05, 3.63) is 76.6 Å². The van der Waals surface area contributed by atoms with Crippen LogP contribution in [0.2, 0.25) is 0 Å². The molecule has 2 amide bonds. The van der Waals surface area contributed by atoms with E-state index in [0.717, 1.165) is 27.5 Å². The first kappa shape index (κ1) is 17.4. The molecule has 0 bridgehead atoms. The Morgan fingerprint density at radius 1 is 1.15 bits per heavy atom. The Balaban J connectivity index is 1.36. The van der Waals surface area contributed by atoms with Gasteiger partial charge in [-0.15, -0.1) is 11.3 Å². The Morgan fingerprint density at radius 2 is 2.07 bits per heavy atom. The molecule has 4 rings (SSSR count). The molecule has 0 radical (unpaired) electrons. The molecule has 3 aromatic heterocycles. The van der Waals surface area contributed by atoms with Crippen molar-refractivity contribution in [3.8, 4) is 0 Å². The van der Waals surface area contributed by atoms with Gasteiger partial charge in [0, 0.05) is 17.8 Å². The highest BCUT2D eigenvalue weighted by Gasteiger charge is 2.16. The SMILES string of the molecule is O=C(NCCc1nc2ccccc2[nH]1)N(Cc1ccco1)Cc1cccs1. The molecule has 27 heavy (non-hydrogen) atoms. The predicted octanol–water partition coefficient (Wildman–Crippen LogP) is 4.17. The Labute approximate surface area is 160 Å². The summed E-state index contributed by atoms with van der Waals surface area (Å²) in [4.78, 5) is 23.4. The molecule has 4 aromatic rings. The second kappa shape index (κ2) is 8.09. The highest BCUT2D eigenvalue weighted by molar-refractivity contribution is 7.09. The Hall–Kier alpha value is -3.06. The number of para-hydroxylation sites is 2. The van der Waals surface area contributed by atoms with Gasteiger partial charge in [-0.1, -0.05) is 18.2 Å². The van der Waals surface area contributed by atoms with E-state index >= 15 is 0 Å². The number of nitrogens with zero attached hydrogens (tertiary/aromatic N) is 2. The number of H-pyrrole nitrogens is 1. The van der Waals surface area contributed by atoms with E-state index in [4.69, 9.17) is 4.42 Å². The fourth-order valence-electron chi connectivity index (χ4n) is 2.90. The van der Waals surface area contributed by atoms with Crippen LogP contribution in [-0.4, -0.2) is 27.4 Å². The monoisotopic (exact) mass is 380 g/mol. The van der Waals surface area contributed by atoms with Gasteiger partial charge in [0.1, 0.15) is 11.6 Å². The van der Waals surface area contributed by atoms with Crippen LogP contribution in [0.1, 0.15) is 16.5 Å². The molecule has 0 saturated heterocycles. The van der Waals surface area contributed by atoms with Crippen molar-refractivity contribution in [2.24, 2.45) is 0 Å². The third kappa shape index (κ3) is 4.38. The average molecular weight is 380 g/mol. The molecule has 6 nitrogen and oxygen atoms in total. The van der Waals surface area contributed by atoms with E-state index in [1.165, 1.54) is 0 Å². The zero-order valence-electron chi connectivity index (χ0n) is 14.7. The van der Waals surface area contributed by atoms with Gasteiger partial charge >= 0.3 is 6.03 Å². The molecule has 0 unspecified atom stereocenters. The van der Waals surface area contributed by atoms with E-state index < -0.39 is 0 Å². The molecule has 0 spiro atoms. The Bertz CT molecular complexity index is 923. The number of hydrogen-bond acceptors (Lipinski definition) is 4. The van der Waals surface area contributed by atoms with Crippen LogP contribution in [0.25, 0.3) is 11.0 Å². The zero-order chi connectivity index (χ0) is 18.5.